The molecular formula is C10H13ClF3N3. The number of anilines is 1. The number of hydrogen-bond acceptors (Lipinski definition) is 3. The van der Waals surface area contributed by atoms with Crippen LogP contribution in [0.3, 0.4) is 0 Å². The molecule has 1 aromatic heterocycles. The Hall–Kier alpha value is -1.04. The first-order chi connectivity index (χ1) is 7.93. The minimum absolute atomic E-state index is 0.0657. The molecule has 1 N–H and O–H groups in total. The third kappa shape index (κ3) is 4.77. The lowest BCUT2D eigenvalue weighted by Crippen LogP contribution is -2.16. The molecule has 1 atom stereocenters. The van der Waals surface area contributed by atoms with Gasteiger partial charge >= 0.3 is 6.18 Å². The highest BCUT2D eigenvalue weighted by atomic mass is 35.5. The molecule has 7 heteroatoms. The Balaban J connectivity index is 2.51. The van der Waals surface area contributed by atoms with E-state index in [1.165, 1.54) is 6.07 Å². The molecule has 1 rings (SSSR count). The standard InChI is InChI=1S/C10H13ClF3N3/c1-2-3-7(11)6-15-9-5-4-8(16-17-9)10(12,13)14/h4-5,7H,2-3,6H2,1H3,(H,15,17). The van der Waals surface area contributed by atoms with Crippen molar-refractivity contribution >= 4 is 17.4 Å². The summed E-state index contributed by atoms with van der Waals surface area (Å²) in [5.41, 5.74) is -1.00. The molecule has 1 unspecified atom stereocenters. The van der Waals surface area contributed by atoms with Crippen molar-refractivity contribution < 1.29 is 13.2 Å². The van der Waals surface area contributed by atoms with Gasteiger partial charge in [-0.25, -0.2) is 0 Å². The minimum atomic E-state index is -4.46. The molecule has 3 nitrogen and oxygen atoms in total. The van der Waals surface area contributed by atoms with Crippen molar-refractivity contribution in [2.75, 3.05) is 11.9 Å². The average molecular weight is 268 g/mol. The molecule has 0 fully saturated rings. The normalized spacial score (nSPS) is 13.5. The van der Waals surface area contributed by atoms with Crippen LogP contribution in [0.25, 0.3) is 0 Å². The van der Waals surface area contributed by atoms with Gasteiger partial charge in [-0.15, -0.1) is 21.8 Å². The lowest BCUT2D eigenvalue weighted by molar-refractivity contribution is -0.141. The van der Waals surface area contributed by atoms with E-state index in [4.69, 9.17) is 11.6 Å². The molecule has 0 spiro atoms. The number of aromatic nitrogens is 2. The first-order valence-corrected chi connectivity index (χ1v) is 5.66. The van der Waals surface area contributed by atoms with Crippen LogP contribution in [0.4, 0.5) is 19.0 Å². The summed E-state index contributed by atoms with van der Waals surface area (Å²) in [7, 11) is 0. The van der Waals surface area contributed by atoms with Crippen LogP contribution in [-0.2, 0) is 6.18 Å². The Morgan fingerprint density at radius 1 is 1.35 bits per heavy atom. The lowest BCUT2D eigenvalue weighted by atomic mass is 10.2. The number of rotatable bonds is 5. The predicted octanol–water partition coefficient (Wildman–Crippen LogP) is 3.31. The molecule has 0 bridgehead atoms. The lowest BCUT2D eigenvalue weighted by Gasteiger charge is -2.10. The predicted molar refractivity (Wildman–Crippen MR) is 60.1 cm³/mol. The highest BCUT2D eigenvalue weighted by molar-refractivity contribution is 6.20. The summed E-state index contributed by atoms with van der Waals surface area (Å²) in [6, 6.07) is 2.13. The maximum absolute atomic E-state index is 12.2. The summed E-state index contributed by atoms with van der Waals surface area (Å²) in [6.45, 7) is 2.46. The van der Waals surface area contributed by atoms with Gasteiger partial charge in [0.2, 0.25) is 0 Å². The monoisotopic (exact) mass is 267 g/mol. The van der Waals surface area contributed by atoms with Gasteiger partial charge in [-0.1, -0.05) is 13.3 Å². The van der Waals surface area contributed by atoms with E-state index < -0.39 is 11.9 Å². The Labute approximate surface area is 102 Å². The molecule has 17 heavy (non-hydrogen) atoms. The van der Waals surface area contributed by atoms with E-state index in [0.29, 0.717) is 12.4 Å². The highest BCUT2D eigenvalue weighted by Gasteiger charge is 2.32. The van der Waals surface area contributed by atoms with Crippen LogP contribution in [-0.4, -0.2) is 22.1 Å². The van der Waals surface area contributed by atoms with Crippen molar-refractivity contribution in [1.29, 1.82) is 0 Å². The Morgan fingerprint density at radius 3 is 2.53 bits per heavy atom. The van der Waals surface area contributed by atoms with Crippen molar-refractivity contribution in [3.8, 4) is 0 Å². The van der Waals surface area contributed by atoms with Crippen LogP contribution in [0, 0.1) is 0 Å². The summed E-state index contributed by atoms with van der Waals surface area (Å²) in [5.74, 6) is 0.291. The van der Waals surface area contributed by atoms with Crippen molar-refractivity contribution in [3.05, 3.63) is 17.8 Å². The second kappa shape index (κ2) is 6.05. The SMILES string of the molecule is CCCC(Cl)CNc1ccc(C(F)(F)F)nn1. The molecule has 1 aromatic rings. The zero-order valence-corrected chi connectivity index (χ0v) is 10.0. The largest absolute Gasteiger partial charge is 0.435 e. The summed E-state index contributed by atoms with van der Waals surface area (Å²) < 4.78 is 36.6. The molecule has 0 aliphatic rings. The van der Waals surface area contributed by atoms with E-state index in [2.05, 4.69) is 15.5 Å². The summed E-state index contributed by atoms with van der Waals surface area (Å²) in [6.07, 6.45) is -2.67. The van der Waals surface area contributed by atoms with E-state index in [-0.39, 0.29) is 5.38 Å². The molecule has 1 heterocycles. The zero-order chi connectivity index (χ0) is 12.9. The van der Waals surface area contributed by atoms with Crippen LogP contribution in [0.2, 0.25) is 0 Å². The molecule has 0 radical (unpaired) electrons. The van der Waals surface area contributed by atoms with E-state index >= 15 is 0 Å². The van der Waals surface area contributed by atoms with Crippen molar-refractivity contribution in [2.45, 2.75) is 31.3 Å². The van der Waals surface area contributed by atoms with Crippen molar-refractivity contribution in [1.82, 2.24) is 10.2 Å². The van der Waals surface area contributed by atoms with Gasteiger partial charge in [0.15, 0.2) is 5.69 Å². The smallest absolute Gasteiger partial charge is 0.367 e. The molecular weight excluding hydrogens is 255 g/mol. The quantitative estimate of drug-likeness (QED) is 0.832. The first-order valence-electron chi connectivity index (χ1n) is 5.22. The Bertz CT molecular complexity index is 340. The van der Waals surface area contributed by atoms with Crippen molar-refractivity contribution in [3.63, 3.8) is 0 Å². The van der Waals surface area contributed by atoms with Gasteiger partial charge in [0.05, 0.1) is 5.38 Å². The van der Waals surface area contributed by atoms with Crippen LogP contribution < -0.4 is 5.32 Å². The molecule has 0 aromatic carbocycles. The molecule has 96 valence electrons. The number of halogens is 4. The number of nitrogens with one attached hydrogen (secondary N) is 1. The minimum Gasteiger partial charge on any atom is -0.367 e. The van der Waals surface area contributed by atoms with E-state index in [0.717, 1.165) is 18.9 Å². The van der Waals surface area contributed by atoms with Gasteiger partial charge in [-0.3, -0.25) is 0 Å². The summed E-state index contributed by atoms with van der Waals surface area (Å²) in [4.78, 5) is 0. The van der Waals surface area contributed by atoms with Crippen LogP contribution >= 0.6 is 11.6 Å². The Morgan fingerprint density at radius 2 is 2.06 bits per heavy atom. The average Bonchev–Trinajstić information content (AvgIpc) is 2.26. The molecule has 0 amide bonds. The van der Waals surface area contributed by atoms with Gasteiger partial charge in [0, 0.05) is 6.54 Å². The fraction of sp³-hybridized carbons (Fsp3) is 0.600. The van der Waals surface area contributed by atoms with E-state index in [1.54, 1.807) is 0 Å². The van der Waals surface area contributed by atoms with Crippen molar-refractivity contribution in [2.24, 2.45) is 0 Å². The van der Waals surface area contributed by atoms with Gasteiger partial charge in [0.1, 0.15) is 5.82 Å². The van der Waals surface area contributed by atoms with Gasteiger partial charge in [-0.05, 0) is 18.6 Å². The first kappa shape index (κ1) is 14.0. The zero-order valence-electron chi connectivity index (χ0n) is 9.26. The van der Waals surface area contributed by atoms with Gasteiger partial charge in [0.25, 0.3) is 0 Å². The molecule has 0 saturated carbocycles. The van der Waals surface area contributed by atoms with Crippen LogP contribution in [0.15, 0.2) is 12.1 Å². The Kier molecular flexibility index (Phi) is 4.99. The maximum Gasteiger partial charge on any atom is 0.435 e. The van der Waals surface area contributed by atoms with E-state index in [1.807, 2.05) is 6.92 Å². The summed E-state index contributed by atoms with van der Waals surface area (Å²) in [5, 5.41) is 9.30. The van der Waals surface area contributed by atoms with Gasteiger partial charge in [-0.2, -0.15) is 13.2 Å². The number of nitrogens with zero attached hydrogens (tertiary/aromatic N) is 2. The molecule has 0 aliphatic carbocycles. The van der Waals surface area contributed by atoms with Gasteiger partial charge < -0.3 is 5.32 Å². The molecule has 0 saturated heterocycles. The number of alkyl halides is 4. The second-order valence-corrected chi connectivity index (χ2v) is 4.19. The third-order valence-electron chi connectivity index (χ3n) is 2.06. The summed E-state index contributed by atoms with van der Waals surface area (Å²) >= 11 is 5.94. The van der Waals surface area contributed by atoms with E-state index in [9.17, 15) is 13.2 Å². The maximum atomic E-state index is 12.2. The van der Waals surface area contributed by atoms with Crippen LogP contribution in [0.5, 0.6) is 0 Å². The third-order valence-corrected chi connectivity index (χ3v) is 2.43. The fourth-order valence-corrected chi connectivity index (χ4v) is 1.50. The number of hydrogen-bond donors (Lipinski definition) is 1. The molecule has 0 aliphatic heterocycles. The topological polar surface area (TPSA) is 37.8 Å². The second-order valence-electron chi connectivity index (χ2n) is 3.57. The highest BCUT2D eigenvalue weighted by Crippen LogP contribution is 2.27. The fourth-order valence-electron chi connectivity index (χ4n) is 1.21. The van der Waals surface area contributed by atoms with Crippen LogP contribution in [0.1, 0.15) is 25.5 Å².